The number of hydrogen-bond donors (Lipinski definition) is 1. The first-order valence-electron chi connectivity index (χ1n) is 3.05. The molecule has 0 aromatic carbocycles. The SMILES string of the molecule is CCC1C[SH]1SC(F)(F)F. The summed E-state index contributed by atoms with van der Waals surface area (Å²) in [5.74, 6) is 0.815. The average molecular weight is 190 g/mol. The van der Waals surface area contributed by atoms with Crippen molar-refractivity contribution in [2.45, 2.75) is 24.1 Å². The van der Waals surface area contributed by atoms with Crippen molar-refractivity contribution in [2.24, 2.45) is 0 Å². The topological polar surface area (TPSA) is 0 Å². The third-order valence-electron chi connectivity index (χ3n) is 1.36. The van der Waals surface area contributed by atoms with Gasteiger partial charge in [-0.15, -0.1) is 0 Å². The zero-order valence-corrected chi connectivity index (χ0v) is 7.19. The maximum atomic E-state index is 11.6. The van der Waals surface area contributed by atoms with E-state index < -0.39 is 15.4 Å². The van der Waals surface area contributed by atoms with E-state index >= 15 is 0 Å². The highest BCUT2D eigenvalue weighted by Crippen LogP contribution is 2.65. The van der Waals surface area contributed by atoms with Crippen LogP contribution < -0.4 is 0 Å². The van der Waals surface area contributed by atoms with Gasteiger partial charge in [0.15, 0.2) is 0 Å². The maximum Gasteiger partial charge on any atom is 0.450 e. The molecule has 0 aromatic heterocycles. The van der Waals surface area contributed by atoms with E-state index in [0.717, 1.165) is 12.2 Å². The Labute approximate surface area is 64.3 Å². The second-order valence-electron chi connectivity index (χ2n) is 2.20. The average Bonchev–Trinajstić information content (AvgIpc) is 2.42. The number of hydrogen-bond acceptors (Lipinski definition) is 1. The molecule has 0 spiro atoms. The van der Waals surface area contributed by atoms with Crippen LogP contribution in [0.25, 0.3) is 0 Å². The van der Waals surface area contributed by atoms with E-state index in [1.165, 1.54) is 0 Å². The Hall–Kier alpha value is 0.490. The van der Waals surface area contributed by atoms with Crippen LogP contribution >= 0.6 is 20.7 Å². The zero-order valence-electron chi connectivity index (χ0n) is 5.48. The van der Waals surface area contributed by atoms with Gasteiger partial charge in [0.05, 0.1) is 0 Å². The van der Waals surface area contributed by atoms with Gasteiger partial charge in [-0.2, -0.15) is 23.1 Å². The lowest BCUT2D eigenvalue weighted by atomic mass is 10.4. The lowest BCUT2D eigenvalue weighted by Gasteiger charge is -2.04. The number of halogens is 3. The third-order valence-corrected chi connectivity index (χ3v) is 6.16. The predicted molar refractivity (Wildman–Crippen MR) is 41.6 cm³/mol. The molecular formula is C5H9F3S2. The van der Waals surface area contributed by atoms with Crippen LogP contribution in [0.15, 0.2) is 0 Å². The Morgan fingerprint density at radius 1 is 1.60 bits per heavy atom. The van der Waals surface area contributed by atoms with E-state index in [4.69, 9.17) is 0 Å². The monoisotopic (exact) mass is 190 g/mol. The summed E-state index contributed by atoms with van der Waals surface area (Å²) in [6.07, 6.45) is 0.911. The summed E-state index contributed by atoms with van der Waals surface area (Å²) < 4.78 is 34.9. The van der Waals surface area contributed by atoms with Crippen molar-refractivity contribution in [1.29, 1.82) is 0 Å². The highest BCUT2D eigenvalue weighted by molar-refractivity contribution is 8.88. The molecular weight excluding hydrogens is 181 g/mol. The molecule has 1 fully saturated rings. The Balaban J connectivity index is 2.18. The lowest BCUT2D eigenvalue weighted by Crippen LogP contribution is -1.96. The molecule has 2 atom stereocenters. The Bertz CT molecular complexity index is 123. The first kappa shape index (κ1) is 8.59. The smallest absolute Gasteiger partial charge is 0.192 e. The minimum atomic E-state index is -3.99. The highest BCUT2D eigenvalue weighted by Gasteiger charge is 2.42. The molecule has 0 N–H and O–H groups in total. The molecule has 2 unspecified atom stereocenters. The van der Waals surface area contributed by atoms with Gasteiger partial charge >= 0.3 is 5.51 Å². The fourth-order valence-corrected chi connectivity index (χ4v) is 5.25. The van der Waals surface area contributed by atoms with Crippen LogP contribution in [0.4, 0.5) is 13.2 Å². The highest BCUT2D eigenvalue weighted by atomic mass is 33.1. The predicted octanol–water partition coefficient (Wildman–Crippen LogP) is 2.95. The van der Waals surface area contributed by atoms with Crippen LogP contribution in [0, 0.1) is 0 Å². The quantitative estimate of drug-likeness (QED) is 0.397. The summed E-state index contributed by atoms with van der Waals surface area (Å²) in [4.78, 5) is 0. The van der Waals surface area contributed by atoms with E-state index in [2.05, 4.69) is 0 Å². The van der Waals surface area contributed by atoms with Crippen LogP contribution in [-0.4, -0.2) is 16.5 Å². The van der Waals surface area contributed by atoms with Crippen molar-refractivity contribution in [3.05, 3.63) is 0 Å². The Morgan fingerprint density at radius 3 is 2.50 bits per heavy atom. The van der Waals surface area contributed by atoms with E-state index in [-0.39, 0.29) is 10.8 Å². The van der Waals surface area contributed by atoms with Gasteiger partial charge in [0.25, 0.3) is 0 Å². The summed E-state index contributed by atoms with van der Waals surface area (Å²) >= 11 is 0. The van der Waals surface area contributed by atoms with Crippen molar-refractivity contribution in [2.75, 3.05) is 5.75 Å². The standard InChI is InChI=1S/C5H9F3S2/c1-2-4-3-10(4)9-5(6,7)8/h4,10H,2-3H2,1H3. The van der Waals surface area contributed by atoms with Crippen molar-refractivity contribution in [1.82, 2.24) is 0 Å². The minimum Gasteiger partial charge on any atom is -0.192 e. The van der Waals surface area contributed by atoms with Crippen LogP contribution in [0.3, 0.4) is 0 Å². The first-order chi connectivity index (χ1) is 4.53. The van der Waals surface area contributed by atoms with Crippen LogP contribution in [0.1, 0.15) is 13.3 Å². The minimum absolute atomic E-state index is 0.220. The molecule has 0 amide bonds. The maximum absolute atomic E-state index is 11.6. The molecule has 1 rings (SSSR count). The summed E-state index contributed by atoms with van der Waals surface area (Å²) in [5, 5.41) is 0.390. The van der Waals surface area contributed by atoms with Crippen LogP contribution in [0.5, 0.6) is 0 Å². The summed E-state index contributed by atoms with van der Waals surface area (Å²) in [6.45, 7) is 1.95. The van der Waals surface area contributed by atoms with Crippen molar-refractivity contribution >= 4 is 20.7 Å². The van der Waals surface area contributed by atoms with Gasteiger partial charge in [0.2, 0.25) is 0 Å². The van der Waals surface area contributed by atoms with Gasteiger partial charge in [0.1, 0.15) is 0 Å². The molecule has 1 saturated heterocycles. The van der Waals surface area contributed by atoms with Gasteiger partial charge in [-0.25, -0.2) is 0 Å². The summed E-state index contributed by atoms with van der Waals surface area (Å²) in [7, 11) is -0.490. The van der Waals surface area contributed by atoms with Gasteiger partial charge in [0, 0.05) is 5.25 Å². The molecule has 1 aliphatic rings. The largest absolute Gasteiger partial charge is 0.450 e. The molecule has 5 heteroatoms. The number of rotatable bonds is 2. The second kappa shape index (κ2) is 2.85. The molecule has 0 aromatic rings. The van der Waals surface area contributed by atoms with Crippen molar-refractivity contribution < 1.29 is 13.2 Å². The fourth-order valence-electron chi connectivity index (χ4n) is 0.738. The molecule has 10 heavy (non-hydrogen) atoms. The van der Waals surface area contributed by atoms with Gasteiger partial charge in [-0.1, -0.05) is 6.92 Å². The third kappa shape index (κ3) is 2.62. The molecule has 1 heterocycles. The Morgan fingerprint density at radius 2 is 2.20 bits per heavy atom. The normalized spacial score (nSPS) is 36.0. The second-order valence-corrected chi connectivity index (χ2v) is 6.73. The molecule has 0 nitrogen and oxygen atoms in total. The van der Waals surface area contributed by atoms with Gasteiger partial charge in [-0.05, 0) is 23.0 Å². The molecule has 0 aliphatic carbocycles. The van der Waals surface area contributed by atoms with Crippen LogP contribution in [0.2, 0.25) is 0 Å². The number of thiol groups is 1. The van der Waals surface area contributed by atoms with E-state index in [9.17, 15) is 13.2 Å². The summed E-state index contributed by atoms with van der Waals surface area (Å²) in [5.41, 5.74) is -3.99. The molecule has 0 bridgehead atoms. The van der Waals surface area contributed by atoms with E-state index in [1.54, 1.807) is 0 Å². The van der Waals surface area contributed by atoms with Gasteiger partial charge < -0.3 is 0 Å². The molecule has 1 aliphatic heterocycles. The fraction of sp³-hybridized carbons (Fsp3) is 1.00. The first-order valence-corrected chi connectivity index (χ1v) is 6.07. The summed E-state index contributed by atoms with van der Waals surface area (Å²) in [6, 6.07) is 0. The number of alkyl halides is 3. The van der Waals surface area contributed by atoms with E-state index in [0.29, 0.717) is 5.25 Å². The van der Waals surface area contributed by atoms with Crippen LogP contribution in [-0.2, 0) is 0 Å². The molecule has 0 saturated carbocycles. The lowest BCUT2D eigenvalue weighted by molar-refractivity contribution is -0.0311. The van der Waals surface area contributed by atoms with E-state index in [1.807, 2.05) is 6.92 Å². The zero-order chi connectivity index (χ0) is 7.78. The van der Waals surface area contributed by atoms with Crippen molar-refractivity contribution in [3.8, 4) is 0 Å². The van der Waals surface area contributed by atoms with Gasteiger partial charge in [-0.3, -0.25) is 0 Å². The molecule has 0 radical (unpaired) electrons. The molecule has 62 valence electrons. The van der Waals surface area contributed by atoms with Crippen molar-refractivity contribution in [3.63, 3.8) is 0 Å². The Kier molecular flexibility index (Phi) is 2.45.